The van der Waals surface area contributed by atoms with Gasteiger partial charge in [0.05, 0.1) is 24.4 Å². The van der Waals surface area contributed by atoms with E-state index in [0.29, 0.717) is 30.9 Å². The van der Waals surface area contributed by atoms with Gasteiger partial charge in [-0.25, -0.2) is 0 Å². The van der Waals surface area contributed by atoms with Gasteiger partial charge in [0.1, 0.15) is 0 Å². The zero-order valence-corrected chi connectivity index (χ0v) is 12.1. The molecule has 1 unspecified atom stereocenters. The molecule has 0 radical (unpaired) electrons. The first-order valence-corrected chi connectivity index (χ1v) is 7.07. The summed E-state index contributed by atoms with van der Waals surface area (Å²) >= 11 is 0. The molecule has 2 heterocycles. The first kappa shape index (κ1) is 13.9. The molecule has 0 aliphatic carbocycles. The van der Waals surface area contributed by atoms with E-state index in [1.165, 1.54) is 4.90 Å². The summed E-state index contributed by atoms with van der Waals surface area (Å²) < 4.78 is 5.21. The van der Waals surface area contributed by atoms with Crippen molar-refractivity contribution in [1.29, 1.82) is 0 Å². The molecule has 5 heteroatoms. The predicted octanol–water partition coefficient (Wildman–Crippen LogP) is 1.44. The number of carbonyl (C=O) groups is 3. The highest BCUT2D eigenvalue weighted by molar-refractivity contribution is 6.52. The molecular formula is C16H17NO4. The normalized spacial score (nSPS) is 21.0. The van der Waals surface area contributed by atoms with Crippen LogP contribution in [0.15, 0.2) is 12.1 Å². The first-order valence-electron chi connectivity index (χ1n) is 7.07. The Morgan fingerprint density at radius 2 is 2.10 bits per heavy atom. The Bertz CT molecular complexity index is 644. The number of hydrogen-bond acceptors (Lipinski definition) is 4. The van der Waals surface area contributed by atoms with E-state index < -0.39 is 11.7 Å². The minimum atomic E-state index is -0.606. The molecule has 0 saturated carbocycles. The lowest BCUT2D eigenvalue weighted by Crippen LogP contribution is -2.37. The van der Waals surface area contributed by atoms with Crippen LogP contribution in [0.5, 0.6) is 0 Å². The second-order valence-corrected chi connectivity index (χ2v) is 5.65. The zero-order chi connectivity index (χ0) is 15.1. The summed E-state index contributed by atoms with van der Waals surface area (Å²) in [5, 5.41) is 0. The Morgan fingerprint density at radius 1 is 1.33 bits per heavy atom. The average Bonchev–Trinajstić information content (AvgIpc) is 3.07. The highest BCUT2D eigenvalue weighted by Crippen LogP contribution is 2.34. The monoisotopic (exact) mass is 287 g/mol. The lowest BCUT2D eigenvalue weighted by molar-refractivity contribution is -0.123. The molecule has 1 aromatic carbocycles. The van der Waals surface area contributed by atoms with Gasteiger partial charge >= 0.3 is 0 Å². The topological polar surface area (TPSA) is 63.7 Å². The SMILES string of the molecule is Cc1ccc2c(c1C)N(CC(=O)C1CCOC1)C(=O)C2=O. The molecule has 2 aliphatic rings. The van der Waals surface area contributed by atoms with Crippen LogP contribution in [0.4, 0.5) is 5.69 Å². The standard InChI is InChI=1S/C16H17NO4/c1-9-3-4-12-14(10(9)2)17(16(20)15(12)19)7-13(18)11-5-6-21-8-11/h3-4,11H,5-8H2,1-2H3. The fraction of sp³-hybridized carbons (Fsp3) is 0.438. The minimum Gasteiger partial charge on any atom is -0.381 e. The lowest BCUT2D eigenvalue weighted by atomic mass is 10.0. The third-order valence-electron chi connectivity index (χ3n) is 4.35. The number of carbonyl (C=O) groups excluding carboxylic acids is 3. The molecule has 0 aromatic heterocycles. The second kappa shape index (κ2) is 5.07. The molecule has 1 fully saturated rings. The van der Waals surface area contributed by atoms with Gasteiger partial charge in [-0.1, -0.05) is 6.07 Å². The maximum atomic E-state index is 12.3. The molecular weight excluding hydrogens is 270 g/mol. The average molecular weight is 287 g/mol. The number of ketones is 2. The van der Waals surface area contributed by atoms with Crippen molar-refractivity contribution in [2.45, 2.75) is 20.3 Å². The number of hydrogen-bond donors (Lipinski definition) is 0. The molecule has 0 bridgehead atoms. The number of anilines is 1. The Kier molecular flexibility index (Phi) is 3.37. The summed E-state index contributed by atoms with van der Waals surface area (Å²) in [5.41, 5.74) is 2.87. The van der Waals surface area contributed by atoms with E-state index in [1.54, 1.807) is 6.07 Å². The van der Waals surface area contributed by atoms with Gasteiger partial charge in [0.15, 0.2) is 5.78 Å². The van der Waals surface area contributed by atoms with Gasteiger partial charge in [-0.2, -0.15) is 0 Å². The first-order chi connectivity index (χ1) is 10.0. The van der Waals surface area contributed by atoms with Gasteiger partial charge in [0.25, 0.3) is 11.7 Å². The molecule has 2 aliphatic heterocycles. The zero-order valence-electron chi connectivity index (χ0n) is 12.1. The third kappa shape index (κ3) is 2.17. The third-order valence-corrected chi connectivity index (χ3v) is 4.35. The molecule has 0 N–H and O–H groups in total. The van der Waals surface area contributed by atoms with Gasteiger partial charge in [-0.05, 0) is 37.5 Å². The van der Waals surface area contributed by atoms with Gasteiger partial charge in [-0.3, -0.25) is 19.3 Å². The Labute approximate surface area is 122 Å². The molecule has 21 heavy (non-hydrogen) atoms. The van der Waals surface area contributed by atoms with E-state index in [9.17, 15) is 14.4 Å². The molecule has 1 atom stereocenters. The van der Waals surface area contributed by atoms with Crippen LogP contribution in [-0.2, 0) is 14.3 Å². The maximum absolute atomic E-state index is 12.3. The summed E-state index contributed by atoms with van der Waals surface area (Å²) in [7, 11) is 0. The highest BCUT2D eigenvalue weighted by atomic mass is 16.5. The molecule has 110 valence electrons. The number of ether oxygens (including phenoxy) is 1. The van der Waals surface area contributed by atoms with Crippen LogP contribution in [0.2, 0.25) is 0 Å². The van der Waals surface area contributed by atoms with Crippen LogP contribution >= 0.6 is 0 Å². The van der Waals surface area contributed by atoms with Crippen LogP contribution in [-0.4, -0.2) is 37.2 Å². The summed E-state index contributed by atoms with van der Waals surface area (Å²) in [6.07, 6.45) is 0.689. The van der Waals surface area contributed by atoms with Crippen molar-refractivity contribution in [2.75, 3.05) is 24.7 Å². The number of fused-ring (bicyclic) bond motifs is 1. The molecule has 3 rings (SSSR count). The molecule has 1 aromatic rings. The van der Waals surface area contributed by atoms with Gasteiger partial charge in [0, 0.05) is 12.5 Å². The summed E-state index contributed by atoms with van der Waals surface area (Å²) in [5.74, 6) is -1.33. The van der Waals surface area contributed by atoms with Gasteiger partial charge in [0.2, 0.25) is 0 Å². The van der Waals surface area contributed by atoms with Crippen LogP contribution < -0.4 is 4.90 Å². The van der Waals surface area contributed by atoms with E-state index in [1.807, 2.05) is 19.9 Å². The number of rotatable bonds is 3. The Balaban J connectivity index is 1.93. The largest absolute Gasteiger partial charge is 0.381 e. The fourth-order valence-corrected chi connectivity index (χ4v) is 2.90. The summed E-state index contributed by atoms with van der Waals surface area (Å²) in [6.45, 7) is 4.74. The van der Waals surface area contributed by atoms with Crippen LogP contribution in [0.1, 0.15) is 27.9 Å². The summed E-state index contributed by atoms with van der Waals surface area (Å²) in [4.78, 5) is 37.8. The van der Waals surface area contributed by atoms with Crippen LogP contribution in [0.3, 0.4) is 0 Å². The number of nitrogens with zero attached hydrogens (tertiary/aromatic N) is 1. The Hall–Kier alpha value is -2.01. The van der Waals surface area contributed by atoms with E-state index in [-0.39, 0.29) is 18.2 Å². The molecule has 1 saturated heterocycles. The number of Topliss-reactive ketones (excluding diaryl/α,β-unsaturated/α-hetero) is 2. The van der Waals surface area contributed by atoms with Crippen molar-refractivity contribution >= 4 is 23.2 Å². The number of amides is 1. The molecule has 0 spiro atoms. The van der Waals surface area contributed by atoms with Gasteiger partial charge < -0.3 is 4.74 Å². The van der Waals surface area contributed by atoms with E-state index in [4.69, 9.17) is 4.74 Å². The van der Waals surface area contributed by atoms with E-state index in [2.05, 4.69) is 0 Å². The van der Waals surface area contributed by atoms with Crippen LogP contribution in [0, 0.1) is 19.8 Å². The highest BCUT2D eigenvalue weighted by Gasteiger charge is 2.39. The lowest BCUT2D eigenvalue weighted by Gasteiger charge is -2.20. The Morgan fingerprint density at radius 3 is 2.76 bits per heavy atom. The maximum Gasteiger partial charge on any atom is 0.299 e. The molecule has 1 amide bonds. The van der Waals surface area contributed by atoms with Crippen molar-refractivity contribution < 1.29 is 19.1 Å². The fourth-order valence-electron chi connectivity index (χ4n) is 2.90. The van der Waals surface area contributed by atoms with E-state index in [0.717, 1.165) is 11.1 Å². The minimum absolute atomic E-state index is 0.0394. The van der Waals surface area contributed by atoms with E-state index >= 15 is 0 Å². The van der Waals surface area contributed by atoms with Crippen molar-refractivity contribution in [2.24, 2.45) is 5.92 Å². The van der Waals surface area contributed by atoms with Crippen molar-refractivity contribution in [3.63, 3.8) is 0 Å². The van der Waals surface area contributed by atoms with Crippen molar-refractivity contribution in [3.8, 4) is 0 Å². The second-order valence-electron chi connectivity index (χ2n) is 5.65. The van der Waals surface area contributed by atoms with Crippen LogP contribution in [0.25, 0.3) is 0 Å². The quantitative estimate of drug-likeness (QED) is 0.789. The number of benzene rings is 1. The predicted molar refractivity (Wildman–Crippen MR) is 76.5 cm³/mol. The van der Waals surface area contributed by atoms with Crippen molar-refractivity contribution in [1.82, 2.24) is 0 Å². The smallest absolute Gasteiger partial charge is 0.299 e. The van der Waals surface area contributed by atoms with Gasteiger partial charge in [-0.15, -0.1) is 0 Å². The number of aryl methyl sites for hydroxylation is 1. The van der Waals surface area contributed by atoms with Crippen molar-refractivity contribution in [3.05, 3.63) is 28.8 Å². The molecule has 5 nitrogen and oxygen atoms in total. The summed E-state index contributed by atoms with van der Waals surface area (Å²) in [6, 6.07) is 3.50.